The zero-order valence-corrected chi connectivity index (χ0v) is 15.2. The van der Waals surface area contributed by atoms with E-state index in [2.05, 4.69) is 26.8 Å². The Balaban J connectivity index is 1.70. The van der Waals surface area contributed by atoms with E-state index in [9.17, 15) is 4.79 Å². The van der Waals surface area contributed by atoms with Crippen LogP contribution in [0.5, 0.6) is 0 Å². The Labute approximate surface area is 141 Å². The number of fused-ring (bicyclic) bond motifs is 5. The molecule has 0 heterocycles. The average molecular weight is 316 g/mol. The van der Waals surface area contributed by atoms with Crippen molar-refractivity contribution >= 4 is 5.78 Å². The summed E-state index contributed by atoms with van der Waals surface area (Å²) in [5.41, 5.74) is 2.00. The average Bonchev–Trinajstić information content (AvgIpc) is 2.84. The normalized spacial score (nSPS) is 52.4. The van der Waals surface area contributed by atoms with Gasteiger partial charge in [0, 0.05) is 18.9 Å². The lowest BCUT2D eigenvalue weighted by Gasteiger charge is -2.59. The molecule has 2 nitrogen and oxygen atoms in total. The molecule has 0 aliphatic heterocycles. The fraction of sp³-hybridized carbons (Fsp3) is 0.857. The van der Waals surface area contributed by atoms with Crippen LogP contribution < -0.4 is 0 Å². The molecule has 4 aliphatic carbocycles. The SMILES string of the molecule is COC1CC2=CC[C@@H]3[C@H](CC[C@]4(C)C(=O)CC[C@@H]34)[C@@]2(C)[C@@H](C)C1. The zero-order chi connectivity index (χ0) is 16.4. The van der Waals surface area contributed by atoms with E-state index in [0.29, 0.717) is 29.1 Å². The van der Waals surface area contributed by atoms with Crippen molar-refractivity contribution in [3.8, 4) is 0 Å². The third-order valence-electron chi connectivity index (χ3n) is 8.67. The van der Waals surface area contributed by atoms with Gasteiger partial charge in [0.15, 0.2) is 0 Å². The fourth-order valence-electron chi connectivity index (χ4n) is 7.00. The number of allylic oxidation sites excluding steroid dienone is 1. The van der Waals surface area contributed by atoms with Gasteiger partial charge in [-0.05, 0) is 67.6 Å². The van der Waals surface area contributed by atoms with E-state index in [4.69, 9.17) is 4.74 Å². The molecule has 0 spiro atoms. The van der Waals surface area contributed by atoms with E-state index in [0.717, 1.165) is 37.5 Å². The number of carbonyl (C=O) groups excluding carboxylic acids is 1. The van der Waals surface area contributed by atoms with Gasteiger partial charge >= 0.3 is 0 Å². The van der Waals surface area contributed by atoms with Gasteiger partial charge in [0.1, 0.15) is 5.78 Å². The lowest BCUT2D eigenvalue weighted by atomic mass is 9.46. The summed E-state index contributed by atoms with van der Waals surface area (Å²) in [7, 11) is 1.86. The van der Waals surface area contributed by atoms with E-state index in [-0.39, 0.29) is 5.41 Å². The summed E-state index contributed by atoms with van der Waals surface area (Å²) in [6.45, 7) is 7.25. The first-order valence-electron chi connectivity index (χ1n) is 9.67. The molecule has 3 saturated carbocycles. The van der Waals surface area contributed by atoms with Crippen LogP contribution in [-0.2, 0) is 9.53 Å². The van der Waals surface area contributed by atoms with E-state index in [1.54, 1.807) is 5.57 Å². The van der Waals surface area contributed by atoms with Gasteiger partial charge in [0.05, 0.1) is 6.10 Å². The van der Waals surface area contributed by atoms with E-state index >= 15 is 0 Å². The highest BCUT2D eigenvalue weighted by Crippen LogP contribution is 2.65. The number of Topliss-reactive ketones (excluding diaryl/α,β-unsaturated/α-hetero) is 1. The maximum atomic E-state index is 12.5. The zero-order valence-electron chi connectivity index (χ0n) is 15.2. The predicted molar refractivity (Wildman–Crippen MR) is 92.1 cm³/mol. The van der Waals surface area contributed by atoms with Crippen LogP contribution in [0.15, 0.2) is 11.6 Å². The Morgan fingerprint density at radius 1 is 1.22 bits per heavy atom. The maximum absolute atomic E-state index is 12.5. The summed E-state index contributed by atoms with van der Waals surface area (Å²) >= 11 is 0. The van der Waals surface area contributed by atoms with Crippen LogP contribution >= 0.6 is 0 Å². The van der Waals surface area contributed by atoms with Gasteiger partial charge in [-0.2, -0.15) is 0 Å². The Morgan fingerprint density at radius 2 is 2.00 bits per heavy atom. The number of hydrogen-bond donors (Lipinski definition) is 0. The minimum absolute atomic E-state index is 0.00413. The minimum atomic E-state index is -0.00413. The van der Waals surface area contributed by atoms with E-state index < -0.39 is 0 Å². The molecule has 23 heavy (non-hydrogen) atoms. The Kier molecular flexibility index (Phi) is 3.58. The van der Waals surface area contributed by atoms with E-state index in [1.807, 2.05) is 7.11 Å². The molecule has 0 radical (unpaired) electrons. The Morgan fingerprint density at radius 3 is 2.74 bits per heavy atom. The molecule has 0 aromatic carbocycles. The molecule has 0 saturated heterocycles. The highest BCUT2D eigenvalue weighted by atomic mass is 16.5. The second-order valence-electron chi connectivity index (χ2n) is 9.24. The van der Waals surface area contributed by atoms with Crippen LogP contribution in [0.2, 0.25) is 0 Å². The summed E-state index contributed by atoms with van der Waals surface area (Å²) in [6, 6.07) is 0. The monoisotopic (exact) mass is 316 g/mol. The second kappa shape index (κ2) is 5.18. The Bertz CT molecular complexity index is 550. The van der Waals surface area contributed by atoms with Crippen molar-refractivity contribution in [2.45, 2.75) is 71.8 Å². The summed E-state index contributed by atoms with van der Waals surface area (Å²) in [5, 5.41) is 0. The molecule has 128 valence electrons. The predicted octanol–water partition coefficient (Wildman–Crippen LogP) is 4.78. The maximum Gasteiger partial charge on any atom is 0.139 e. The van der Waals surface area contributed by atoms with E-state index in [1.165, 1.54) is 19.3 Å². The smallest absolute Gasteiger partial charge is 0.139 e. The highest BCUT2D eigenvalue weighted by Gasteiger charge is 2.59. The van der Waals surface area contributed by atoms with Crippen LogP contribution in [0.1, 0.15) is 65.7 Å². The lowest BCUT2D eigenvalue weighted by Crippen LogP contribution is -2.53. The van der Waals surface area contributed by atoms with Gasteiger partial charge < -0.3 is 4.74 Å². The summed E-state index contributed by atoms with van der Waals surface area (Å²) in [6.07, 6.45) is 10.8. The third-order valence-corrected chi connectivity index (χ3v) is 8.67. The van der Waals surface area contributed by atoms with Crippen molar-refractivity contribution in [3.05, 3.63) is 11.6 Å². The highest BCUT2D eigenvalue weighted by molar-refractivity contribution is 5.87. The van der Waals surface area contributed by atoms with Crippen LogP contribution in [0.25, 0.3) is 0 Å². The molecule has 3 fully saturated rings. The standard InChI is InChI=1S/C21H32O2/c1-13-11-15(23-4)12-14-5-6-16-17-7-8-19(22)20(17,2)10-9-18(16)21(13,14)3/h5,13,15-18H,6-12H2,1-4H3/t13-,15?,16-,17-,18-,20-,21-/m0/s1. The number of hydrogen-bond acceptors (Lipinski definition) is 2. The quantitative estimate of drug-likeness (QED) is 0.651. The molecule has 1 unspecified atom stereocenters. The van der Waals surface area contributed by atoms with Gasteiger partial charge in [-0.15, -0.1) is 0 Å². The number of rotatable bonds is 1. The molecule has 0 aromatic rings. The van der Waals surface area contributed by atoms with Gasteiger partial charge in [0.25, 0.3) is 0 Å². The molecular weight excluding hydrogens is 284 g/mol. The van der Waals surface area contributed by atoms with Crippen molar-refractivity contribution in [2.24, 2.45) is 34.5 Å². The second-order valence-corrected chi connectivity index (χ2v) is 9.24. The number of ether oxygens (including phenoxy) is 1. The first-order valence-corrected chi connectivity index (χ1v) is 9.67. The van der Waals surface area contributed by atoms with Crippen LogP contribution in [0, 0.1) is 34.5 Å². The summed E-state index contributed by atoms with van der Waals surface area (Å²) < 4.78 is 5.71. The van der Waals surface area contributed by atoms with Crippen LogP contribution in [0.3, 0.4) is 0 Å². The van der Waals surface area contributed by atoms with Crippen molar-refractivity contribution in [1.82, 2.24) is 0 Å². The first-order chi connectivity index (χ1) is 10.9. The fourth-order valence-corrected chi connectivity index (χ4v) is 7.00. The van der Waals surface area contributed by atoms with Crippen LogP contribution in [0.4, 0.5) is 0 Å². The lowest BCUT2D eigenvalue weighted by molar-refractivity contribution is -0.133. The summed E-state index contributed by atoms with van der Waals surface area (Å²) in [4.78, 5) is 12.5. The van der Waals surface area contributed by atoms with Gasteiger partial charge in [-0.1, -0.05) is 32.4 Å². The van der Waals surface area contributed by atoms with Crippen molar-refractivity contribution < 1.29 is 9.53 Å². The molecular formula is C21H32O2. The number of methoxy groups -OCH3 is 1. The van der Waals surface area contributed by atoms with Gasteiger partial charge in [-0.3, -0.25) is 4.79 Å². The molecule has 4 rings (SSSR count). The number of carbonyl (C=O) groups is 1. The topological polar surface area (TPSA) is 26.3 Å². The summed E-state index contributed by atoms with van der Waals surface area (Å²) in [5.74, 6) is 3.38. The molecule has 2 heteroatoms. The largest absolute Gasteiger partial charge is 0.381 e. The molecule has 0 amide bonds. The van der Waals surface area contributed by atoms with Crippen molar-refractivity contribution in [2.75, 3.05) is 7.11 Å². The van der Waals surface area contributed by atoms with Crippen molar-refractivity contribution in [3.63, 3.8) is 0 Å². The van der Waals surface area contributed by atoms with Gasteiger partial charge in [-0.25, -0.2) is 0 Å². The molecule has 0 N–H and O–H groups in total. The third kappa shape index (κ3) is 2.00. The molecule has 7 atom stereocenters. The molecule has 0 aromatic heterocycles. The minimum Gasteiger partial charge on any atom is -0.381 e. The first kappa shape index (κ1) is 15.9. The van der Waals surface area contributed by atoms with Crippen LogP contribution in [-0.4, -0.2) is 19.0 Å². The number of ketones is 1. The molecule has 4 aliphatic rings. The molecule has 0 bridgehead atoms. The Hall–Kier alpha value is -0.630. The van der Waals surface area contributed by atoms with Crippen molar-refractivity contribution in [1.29, 1.82) is 0 Å². The van der Waals surface area contributed by atoms with Gasteiger partial charge in [0.2, 0.25) is 0 Å².